The molecule has 3 aromatic carbocycles. The third kappa shape index (κ3) is 5.48. The molecule has 1 aromatic heterocycles. The summed E-state index contributed by atoms with van der Waals surface area (Å²) in [5.41, 5.74) is 6.19. The maximum absolute atomic E-state index is 4.88. The topological polar surface area (TPSA) is 21.1 Å². The van der Waals surface area contributed by atoms with Crippen LogP contribution in [-0.4, -0.2) is 33.6 Å². The molecule has 2 heterocycles. The molecule has 3 heteroatoms. The summed E-state index contributed by atoms with van der Waals surface area (Å²) in [6.07, 6.45) is 9.63. The van der Waals surface area contributed by atoms with Gasteiger partial charge < -0.3 is 9.47 Å². The van der Waals surface area contributed by atoms with Crippen LogP contribution in [0.2, 0.25) is 0 Å². The second-order valence-electron chi connectivity index (χ2n) is 9.43. The van der Waals surface area contributed by atoms with E-state index in [1.807, 2.05) is 6.33 Å². The number of benzene rings is 3. The summed E-state index contributed by atoms with van der Waals surface area (Å²) >= 11 is 0. The zero-order valence-corrected chi connectivity index (χ0v) is 20.0. The maximum atomic E-state index is 4.88. The molecule has 3 nitrogen and oxygen atoms in total. The number of nitrogens with zero attached hydrogens (tertiary/aromatic N) is 3. The van der Waals surface area contributed by atoms with Crippen molar-refractivity contribution in [2.45, 2.75) is 51.1 Å². The van der Waals surface area contributed by atoms with Gasteiger partial charge in [-0.2, -0.15) is 0 Å². The Morgan fingerprint density at radius 1 is 0.735 bits per heavy atom. The standard InChI is InChI=1S/C31H35N3/c1-4-13-26(14-5-1)15-12-23-33-22-11-10-20-29(33)21-24-34-25-32-30(27-16-6-2-7-17-27)31(34)28-18-8-3-9-19-28/h1-9,13-14,16-19,25,29H,10-12,15,20-24H2. The Morgan fingerprint density at radius 2 is 1.41 bits per heavy atom. The highest BCUT2D eigenvalue weighted by Crippen LogP contribution is 2.32. The summed E-state index contributed by atoms with van der Waals surface area (Å²) in [7, 11) is 0. The van der Waals surface area contributed by atoms with Gasteiger partial charge in [0, 0.05) is 23.7 Å². The Balaban J connectivity index is 1.29. The monoisotopic (exact) mass is 449 g/mol. The van der Waals surface area contributed by atoms with Crippen LogP contribution in [0.3, 0.4) is 0 Å². The fourth-order valence-corrected chi connectivity index (χ4v) is 5.36. The van der Waals surface area contributed by atoms with Crippen LogP contribution in [0, 0.1) is 0 Å². The molecule has 1 fully saturated rings. The second kappa shape index (κ2) is 11.3. The van der Waals surface area contributed by atoms with Gasteiger partial charge in [0.25, 0.3) is 0 Å². The quantitative estimate of drug-likeness (QED) is 0.272. The van der Waals surface area contributed by atoms with E-state index in [0.29, 0.717) is 6.04 Å². The Kier molecular flexibility index (Phi) is 7.52. The normalized spacial score (nSPS) is 16.5. The molecule has 174 valence electrons. The first-order valence-corrected chi connectivity index (χ1v) is 12.8. The molecule has 1 unspecified atom stereocenters. The largest absolute Gasteiger partial charge is 0.330 e. The van der Waals surface area contributed by atoms with Gasteiger partial charge in [0.1, 0.15) is 0 Å². The molecule has 0 amide bonds. The van der Waals surface area contributed by atoms with Gasteiger partial charge in [0.2, 0.25) is 0 Å². The average Bonchev–Trinajstić information content (AvgIpc) is 3.34. The number of imidazole rings is 1. The van der Waals surface area contributed by atoms with Crippen molar-refractivity contribution in [2.24, 2.45) is 0 Å². The fourth-order valence-electron chi connectivity index (χ4n) is 5.36. The van der Waals surface area contributed by atoms with E-state index in [1.165, 1.54) is 74.0 Å². The van der Waals surface area contributed by atoms with E-state index in [4.69, 9.17) is 4.98 Å². The summed E-state index contributed by atoms with van der Waals surface area (Å²) in [4.78, 5) is 7.63. The van der Waals surface area contributed by atoms with Gasteiger partial charge in [-0.3, -0.25) is 0 Å². The number of aryl methyl sites for hydroxylation is 2. The van der Waals surface area contributed by atoms with Crippen LogP contribution in [0.4, 0.5) is 0 Å². The van der Waals surface area contributed by atoms with Gasteiger partial charge in [-0.25, -0.2) is 4.98 Å². The summed E-state index contributed by atoms with van der Waals surface area (Å²) in [6.45, 7) is 3.44. The number of piperidine rings is 1. The third-order valence-electron chi connectivity index (χ3n) is 7.14. The first-order chi connectivity index (χ1) is 16.9. The predicted molar refractivity (Wildman–Crippen MR) is 142 cm³/mol. The van der Waals surface area contributed by atoms with Crippen molar-refractivity contribution in [2.75, 3.05) is 13.1 Å². The molecule has 1 aliphatic heterocycles. The minimum atomic E-state index is 0.663. The Hall–Kier alpha value is -3.17. The molecule has 0 N–H and O–H groups in total. The van der Waals surface area contributed by atoms with Crippen LogP contribution in [-0.2, 0) is 13.0 Å². The number of hydrogen-bond donors (Lipinski definition) is 0. The van der Waals surface area contributed by atoms with E-state index in [0.717, 1.165) is 12.2 Å². The lowest BCUT2D eigenvalue weighted by Gasteiger charge is -2.36. The molecule has 1 aliphatic rings. The van der Waals surface area contributed by atoms with Crippen molar-refractivity contribution in [1.29, 1.82) is 0 Å². The van der Waals surface area contributed by atoms with Gasteiger partial charge in [-0.1, -0.05) is 97.4 Å². The Labute approximate surface area is 204 Å². The van der Waals surface area contributed by atoms with Crippen molar-refractivity contribution in [3.63, 3.8) is 0 Å². The van der Waals surface area contributed by atoms with Crippen LogP contribution >= 0.6 is 0 Å². The molecule has 4 aromatic rings. The molecule has 5 rings (SSSR count). The van der Waals surface area contributed by atoms with E-state index in [-0.39, 0.29) is 0 Å². The van der Waals surface area contributed by atoms with Crippen molar-refractivity contribution < 1.29 is 0 Å². The van der Waals surface area contributed by atoms with Crippen LogP contribution in [0.15, 0.2) is 97.3 Å². The van der Waals surface area contributed by atoms with Crippen molar-refractivity contribution in [3.05, 3.63) is 103 Å². The zero-order chi connectivity index (χ0) is 23.0. The number of aromatic nitrogens is 2. The summed E-state index contributed by atoms with van der Waals surface area (Å²) in [5.74, 6) is 0. The molecule has 0 aliphatic carbocycles. The van der Waals surface area contributed by atoms with Crippen molar-refractivity contribution in [3.8, 4) is 22.5 Å². The Bertz CT molecular complexity index is 1140. The lowest BCUT2D eigenvalue weighted by Crippen LogP contribution is -2.40. The SMILES string of the molecule is c1ccc(CCCN2CCCCC2CCn2cnc(-c3ccccc3)c2-c2ccccc2)cc1. The highest BCUT2D eigenvalue weighted by atomic mass is 15.2. The number of likely N-dealkylation sites (tertiary alicyclic amines) is 1. The van der Waals surface area contributed by atoms with Crippen LogP contribution in [0.25, 0.3) is 22.5 Å². The third-order valence-corrected chi connectivity index (χ3v) is 7.14. The molecular weight excluding hydrogens is 414 g/mol. The lowest BCUT2D eigenvalue weighted by atomic mass is 9.98. The average molecular weight is 450 g/mol. The van der Waals surface area contributed by atoms with Gasteiger partial charge in [-0.05, 0) is 50.8 Å². The smallest absolute Gasteiger partial charge is 0.0963 e. The molecule has 1 atom stereocenters. The van der Waals surface area contributed by atoms with Crippen molar-refractivity contribution >= 4 is 0 Å². The van der Waals surface area contributed by atoms with E-state index >= 15 is 0 Å². The van der Waals surface area contributed by atoms with Gasteiger partial charge >= 0.3 is 0 Å². The van der Waals surface area contributed by atoms with Gasteiger partial charge in [0.15, 0.2) is 0 Å². The number of hydrogen-bond acceptors (Lipinski definition) is 2. The maximum Gasteiger partial charge on any atom is 0.0963 e. The lowest BCUT2D eigenvalue weighted by molar-refractivity contribution is 0.135. The molecule has 0 saturated carbocycles. The van der Waals surface area contributed by atoms with Crippen LogP contribution in [0.1, 0.15) is 37.7 Å². The minimum absolute atomic E-state index is 0.663. The van der Waals surface area contributed by atoms with E-state index in [9.17, 15) is 0 Å². The summed E-state index contributed by atoms with van der Waals surface area (Å²) in [5, 5.41) is 0. The zero-order valence-electron chi connectivity index (χ0n) is 20.0. The molecule has 34 heavy (non-hydrogen) atoms. The first kappa shape index (κ1) is 22.6. The Morgan fingerprint density at radius 3 is 2.15 bits per heavy atom. The van der Waals surface area contributed by atoms with Crippen molar-refractivity contribution in [1.82, 2.24) is 14.5 Å². The van der Waals surface area contributed by atoms with Gasteiger partial charge in [0.05, 0.1) is 17.7 Å². The minimum Gasteiger partial charge on any atom is -0.330 e. The summed E-state index contributed by atoms with van der Waals surface area (Å²) in [6, 6.07) is 32.9. The van der Waals surface area contributed by atoms with Crippen LogP contribution in [0.5, 0.6) is 0 Å². The summed E-state index contributed by atoms with van der Waals surface area (Å²) < 4.78 is 2.38. The second-order valence-corrected chi connectivity index (χ2v) is 9.43. The molecule has 0 radical (unpaired) electrons. The highest BCUT2D eigenvalue weighted by Gasteiger charge is 2.23. The molecule has 0 bridgehead atoms. The van der Waals surface area contributed by atoms with Gasteiger partial charge in [-0.15, -0.1) is 0 Å². The van der Waals surface area contributed by atoms with E-state index in [2.05, 4.69) is 100 Å². The molecular formula is C31H35N3. The van der Waals surface area contributed by atoms with E-state index < -0.39 is 0 Å². The number of rotatable bonds is 9. The molecule has 0 spiro atoms. The van der Waals surface area contributed by atoms with Crippen LogP contribution < -0.4 is 0 Å². The highest BCUT2D eigenvalue weighted by molar-refractivity contribution is 5.78. The fraction of sp³-hybridized carbons (Fsp3) is 0.323. The predicted octanol–water partition coefficient (Wildman–Crippen LogP) is 7.09. The van der Waals surface area contributed by atoms with E-state index in [1.54, 1.807) is 0 Å². The molecule has 1 saturated heterocycles. The first-order valence-electron chi connectivity index (χ1n) is 12.8.